The largest absolute Gasteiger partial charge is 0.484 e. The maximum atomic E-state index is 12.0. The average molecular weight is 377 g/mol. The van der Waals surface area contributed by atoms with Gasteiger partial charge in [-0.1, -0.05) is 18.2 Å². The van der Waals surface area contributed by atoms with Crippen LogP contribution in [0.25, 0.3) is 0 Å². The van der Waals surface area contributed by atoms with Crippen molar-refractivity contribution in [3.63, 3.8) is 0 Å². The molecule has 3 aromatic rings. The number of anilines is 1. The molecule has 0 aliphatic carbocycles. The molecule has 0 spiro atoms. The van der Waals surface area contributed by atoms with Crippen molar-refractivity contribution in [1.82, 2.24) is 5.43 Å². The molecule has 3 rings (SSSR count). The number of para-hydroxylation sites is 1. The summed E-state index contributed by atoms with van der Waals surface area (Å²) < 4.78 is 10.5. The third-order valence-corrected chi connectivity index (χ3v) is 3.79. The molecular formula is C21H19N3O4. The number of furan rings is 1. The summed E-state index contributed by atoms with van der Waals surface area (Å²) in [4.78, 5) is 23.7. The fourth-order valence-corrected chi connectivity index (χ4v) is 2.33. The van der Waals surface area contributed by atoms with E-state index >= 15 is 0 Å². The van der Waals surface area contributed by atoms with Gasteiger partial charge in [-0.05, 0) is 60.5 Å². The molecule has 7 heteroatoms. The number of hydrazone groups is 1. The lowest BCUT2D eigenvalue weighted by Crippen LogP contribution is -2.20. The minimum Gasteiger partial charge on any atom is -0.484 e. The molecule has 0 saturated heterocycles. The Morgan fingerprint density at radius 2 is 1.86 bits per heavy atom. The molecule has 2 amide bonds. The number of rotatable bonds is 7. The first-order chi connectivity index (χ1) is 13.6. The van der Waals surface area contributed by atoms with Gasteiger partial charge >= 0.3 is 5.91 Å². The predicted octanol–water partition coefficient (Wildman–Crippen LogP) is 3.37. The van der Waals surface area contributed by atoms with Crippen LogP contribution in [0.3, 0.4) is 0 Å². The Morgan fingerprint density at radius 1 is 1.07 bits per heavy atom. The number of ether oxygens (including phenoxy) is 1. The monoisotopic (exact) mass is 377 g/mol. The smallest absolute Gasteiger partial charge is 0.307 e. The molecule has 2 N–H and O–H groups in total. The summed E-state index contributed by atoms with van der Waals surface area (Å²) in [6.45, 7) is 1.83. The van der Waals surface area contributed by atoms with E-state index in [0.717, 1.165) is 16.8 Å². The van der Waals surface area contributed by atoms with Crippen molar-refractivity contribution >= 4 is 23.7 Å². The highest BCUT2D eigenvalue weighted by Crippen LogP contribution is 2.14. The van der Waals surface area contributed by atoms with Crippen LogP contribution < -0.4 is 15.5 Å². The van der Waals surface area contributed by atoms with Crippen molar-refractivity contribution in [2.24, 2.45) is 5.10 Å². The zero-order valence-electron chi connectivity index (χ0n) is 15.2. The Morgan fingerprint density at radius 3 is 2.57 bits per heavy atom. The zero-order valence-corrected chi connectivity index (χ0v) is 15.2. The second kappa shape index (κ2) is 9.18. The Bertz CT molecular complexity index is 964. The first kappa shape index (κ1) is 18.9. The molecule has 0 radical (unpaired) electrons. The third kappa shape index (κ3) is 5.31. The highest BCUT2D eigenvalue weighted by Gasteiger charge is 2.06. The highest BCUT2D eigenvalue weighted by molar-refractivity contribution is 5.93. The minimum atomic E-state index is -0.430. The Hall–Kier alpha value is -3.87. The van der Waals surface area contributed by atoms with Gasteiger partial charge in [0.25, 0.3) is 5.91 Å². The molecule has 7 nitrogen and oxygen atoms in total. The highest BCUT2D eigenvalue weighted by atomic mass is 16.5. The van der Waals surface area contributed by atoms with Crippen molar-refractivity contribution in [2.45, 2.75) is 6.92 Å². The Kier molecular flexibility index (Phi) is 6.20. The van der Waals surface area contributed by atoms with E-state index in [4.69, 9.17) is 9.15 Å². The van der Waals surface area contributed by atoms with Crippen LogP contribution in [0.5, 0.6) is 5.75 Å². The number of hydrogen-bond donors (Lipinski definition) is 2. The molecule has 142 valence electrons. The van der Waals surface area contributed by atoms with Gasteiger partial charge in [0.05, 0.1) is 12.5 Å². The first-order valence-corrected chi connectivity index (χ1v) is 8.57. The van der Waals surface area contributed by atoms with Gasteiger partial charge in [-0.3, -0.25) is 9.59 Å². The molecule has 0 atom stereocenters. The summed E-state index contributed by atoms with van der Waals surface area (Å²) in [6.07, 6.45) is 2.91. The van der Waals surface area contributed by atoms with Crippen LogP contribution in [-0.2, 0) is 4.79 Å². The van der Waals surface area contributed by atoms with Crippen LogP contribution in [0.4, 0.5) is 5.69 Å². The van der Waals surface area contributed by atoms with E-state index in [2.05, 4.69) is 15.8 Å². The Balaban J connectivity index is 1.46. The summed E-state index contributed by atoms with van der Waals surface area (Å²) in [6, 6.07) is 17.7. The van der Waals surface area contributed by atoms with E-state index in [-0.39, 0.29) is 18.3 Å². The molecule has 1 heterocycles. The number of carbonyl (C=O) groups is 2. The Labute approximate surface area is 162 Å². The molecule has 1 aromatic heterocycles. The summed E-state index contributed by atoms with van der Waals surface area (Å²) in [5.41, 5.74) is 4.88. The van der Waals surface area contributed by atoms with Crippen molar-refractivity contribution in [1.29, 1.82) is 0 Å². The van der Waals surface area contributed by atoms with Crippen LogP contribution in [0.15, 0.2) is 76.4 Å². The first-order valence-electron chi connectivity index (χ1n) is 8.57. The number of hydrogen-bond acceptors (Lipinski definition) is 5. The standard InChI is InChI=1S/C21H19N3O4/c1-15-5-2-3-6-18(15)23-20(25)14-28-17-10-8-16(9-11-17)13-22-24-21(26)19-7-4-12-27-19/h2-13H,14H2,1H3,(H,23,25)(H,24,26)/b22-13+. The second-order valence-corrected chi connectivity index (χ2v) is 5.90. The van der Waals surface area contributed by atoms with Gasteiger partial charge < -0.3 is 14.5 Å². The van der Waals surface area contributed by atoms with Crippen LogP contribution in [0, 0.1) is 6.92 Å². The molecule has 0 aliphatic heterocycles. The van der Waals surface area contributed by atoms with Crippen molar-refractivity contribution in [2.75, 3.05) is 11.9 Å². The lowest BCUT2D eigenvalue weighted by atomic mass is 10.2. The van der Waals surface area contributed by atoms with Gasteiger partial charge in [-0.25, -0.2) is 5.43 Å². The number of benzene rings is 2. The van der Waals surface area contributed by atoms with E-state index in [1.807, 2.05) is 31.2 Å². The topological polar surface area (TPSA) is 92.9 Å². The van der Waals surface area contributed by atoms with Gasteiger partial charge in [-0.2, -0.15) is 5.10 Å². The molecule has 0 saturated carbocycles. The van der Waals surface area contributed by atoms with Crippen LogP contribution in [0.1, 0.15) is 21.7 Å². The van der Waals surface area contributed by atoms with E-state index in [9.17, 15) is 9.59 Å². The molecule has 28 heavy (non-hydrogen) atoms. The predicted molar refractivity (Wildman–Crippen MR) is 106 cm³/mol. The van der Waals surface area contributed by atoms with E-state index in [0.29, 0.717) is 5.75 Å². The molecule has 0 fully saturated rings. The van der Waals surface area contributed by atoms with Crippen LogP contribution >= 0.6 is 0 Å². The maximum absolute atomic E-state index is 12.0. The normalized spacial score (nSPS) is 10.6. The molecule has 0 unspecified atom stereocenters. The molecule has 0 aliphatic rings. The van der Waals surface area contributed by atoms with Gasteiger partial charge in [0.2, 0.25) is 0 Å². The zero-order chi connectivity index (χ0) is 19.8. The summed E-state index contributed by atoms with van der Waals surface area (Å²) >= 11 is 0. The minimum absolute atomic E-state index is 0.0963. The van der Waals surface area contributed by atoms with Gasteiger partial charge in [0, 0.05) is 5.69 Å². The molecular weight excluding hydrogens is 358 g/mol. The number of nitrogens with one attached hydrogen (secondary N) is 2. The number of carbonyl (C=O) groups excluding carboxylic acids is 2. The summed E-state index contributed by atoms with van der Waals surface area (Å²) in [5.74, 6) is 0.0722. The lowest BCUT2D eigenvalue weighted by Gasteiger charge is -2.09. The van der Waals surface area contributed by atoms with E-state index < -0.39 is 5.91 Å². The number of nitrogens with zero attached hydrogens (tertiary/aromatic N) is 1. The SMILES string of the molecule is Cc1ccccc1NC(=O)COc1ccc(/C=N/NC(=O)c2ccco2)cc1. The lowest BCUT2D eigenvalue weighted by molar-refractivity contribution is -0.118. The fraction of sp³-hybridized carbons (Fsp3) is 0.0952. The van der Waals surface area contributed by atoms with Crippen LogP contribution in [0.2, 0.25) is 0 Å². The van der Waals surface area contributed by atoms with E-state index in [1.165, 1.54) is 12.5 Å². The van der Waals surface area contributed by atoms with Crippen LogP contribution in [-0.4, -0.2) is 24.6 Å². The maximum Gasteiger partial charge on any atom is 0.307 e. The fourth-order valence-electron chi connectivity index (χ4n) is 2.33. The van der Waals surface area contributed by atoms with Gasteiger partial charge in [0.15, 0.2) is 12.4 Å². The second-order valence-electron chi connectivity index (χ2n) is 5.90. The van der Waals surface area contributed by atoms with Crippen molar-refractivity contribution in [3.05, 3.63) is 83.8 Å². The van der Waals surface area contributed by atoms with Gasteiger partial charge in [0.1, 0.15) is 5.75 Å². The van der Waals surface area contributed by atoms with Gasteiger partial charge in [-0.15, -0.1) is 0 Å². The molecule has 0 bridgehead atoms. The van der Waals surface area contributed by atoms with E-state index in [1.54, 1.807) is 36.4 Å². The number of aryl methyl sites for hydroxylation is 1. The van der Waals surface area contributed by atoms with Crippen molar-refractivity contribution < 1.29 is 18.7 Å². The number of amides is 2. The average Bonchev–Trinajstić information content (AvgIpc) is 3.24. The molecule has 2 aromatic carbocycles. The third-order valence-electron chi connectivity index (χ3n) is 3.79. The van der Waals surface area contributed by atoms with Crippen molar-refractivity contribution in [3.8, 4) is 5.75 Å². The summed E-state index contributed by atoms with van der Waals surface area (Å²) in [7, 11) is 0. The quantitative estimate of drug-likeness (QED) is 0.488. The summed E-state index contributed by atoms with van der Waals surface area (Å²) in [5, 5.41) is 6.68.